The van der Waals surface area contributed by atoms with Crippen LogP contribution in [0.15, 0.2) is 48.5 Å². The number of carbonyl (C=O) groups is 2. The number of halogens is 6. The maximum atomic E-state index is 15.6. The van der Waals surface area contributed by atoms with Crippen LogP contribution in [-0.4, -0.2) is 57.3 Å². The Kier molecular flexibility index (Phi) is 10.9. The van der Waals surface area contributed by atoms with E-state index in [1.165, 1.54) is 6.92 Å². The average molecular weight is 686 g/mol. The fourth-order valence-electron chi connectivity index (χ4n) is 6.94. The number of nitrogens with one attached hydrogen (secondary N) is 1. The number of unbranched alkanes of at least 4 members (excludes halogenated alkanes) is 3. The van der Waals surface area contributed by atoms with Gasteiger partial charge < -0.3 is 20.3 Å². The second kappa shape index (κ2) is 14.2. The van der Waals surface area contributed by atoms with Crippen LogP contribution >= 0.6 is 11.6 Å². The van der Waals surface area contributed by atoms with Gasteiger partial charge in [-0.2, -0.15) is 18.3 Å². The summed E-state index contributed by atoms with van der Waals surface area (Å²) in [5.74, 6) is -6.49. The minimum Gasteiger partial charge on any atom is -0.481 e. The smallest absolute Gasteiger partial charge is 0.418 e. The van der Waals surface area contributed by atoms with Crippen LogP contribution in [0.1, 0.15) is 63.0 Å². The van der Waals surface area contributed by atoms with Crippen molar-refractivity contribution < 1.29 is 46.5 Å². The Morgan fingerprint density at radius 3 is 2.32 bits per heavy atom. The third kappa shape index (κ3) is 6.83. The molecule has 0 amide bonds. The summed E-state index contributed by atoms with van der Waals surface area (Å²) in [7, 11) is 1.74. The number of rotatable bonds is 13. The van der Waals surface area contributed by atoms with E-state index in [0.29, 0.717) is 43.9 Å². The largest absolute Gasteiger partial charge is 0.481 e. The first-order chi connectivity index (χ1) is 22.1. The summed E-state index contributed by atoms with van der Waals surface area (Å²) in [6.45, 7) is 1.25. The van der Waals surface area contributed by atoms with Crippen LogP contribution in [0.5, 0.6) is 5.88 Å². The van der Waals surface area contributed by atoms with Crippen LogP contribution in [-0.2, 0) is 22.8 Å². The number of aliphatic carboxylic acids is 2. The van der Waals surface area contributed by atoms with Crippen LogP contribution < -0.4 is 10.1 Å². The Labute approximate surface area is 273 Å². The Morgan fingerprint density at radius 1 is 1.06 bits per heavy atom. The molecule has 5 unspecified atom stereocenters. The number of nitrogens with zero attached hydrogens (tertiary/aromatic N) is 2. The van der Waals surface area contributed by atoms with Gasteiger partial charge in [0.25, 0.3) is 0 Å². The minimum atomic E-state index is -5.27. The Hall–Kier alpha value is -3.71. The first kappa shape index (κ1) is 36.1. The van der Waals surface area contributed by atoms with Crippen molar-refractivity contribution in [3.8, 4) is 17.1 Å². The van der Waals surface area contributed by atoms with Crippen molar-refractivity contribution in [3.05, 3.63) is 70.5 Å². The molecule has 1 saturated heterocycles. The summed E-state index contributed by atoms with van der Waals surface area (Å²) in [4.78, 5) is 26.0. The molecule has 2 aromatic carbocycles. The molecule has 2 heterocycles. The standard InChI is InChI=1S/C33H37ClF5N3O5/c1-19-32(30(45)46,15-9-4-5-10-16-47-25-17-23(41-42(25)3)20-11-7-6-8-12-20)28(31(2,29(43)44)24(18-35)40-19)26-22(36)14-13-21(34)27(26)33(37,38)39/h6-8,11-14,17,19,24,28,40H,4-5,9-10,15-16,18H2,1-3H3,(H,43,44)(H,45,46). The first-order valence-corrected chi connectivity index (χ1v) is 15.5. The monoisotopic (exact) mass is 685 g/mol. The summed E-state index contributed by atoms with van der Waals surface area (Å²) < 4.78 is 80.8. The molecular weight excluding hydrogens is 649 g/mol. The molecule has 0 bridgehead atoms. The van der Waals surface area contributed by atoms with Crippen LogP contribution in [0.3, 0.4) is 0 Å². The number of carboxylic acid groups (broad SMARTS) is 2. The minimum absolute atomic E-state index is 0.137. The van der Waals surface area contributed by atoms with Crippen molar-refractivity contribution in [1.82, 2.24) is 15.1 Å². The first-order valence-electron chi connectivity index (χ1n) is 15.2. The van der Waals surface area contributed by atoms with E-state index in [0.717, 1.165) is 18.2 Å². The number of carboxylic acids is 2. The summed E-state index contributed by atoms with van der Waals surface area (Å²) in [5.41, 5.74) is -6.00. The molecular formula is C33H37ClF5N3O5. The normalized spacial score (nSPS) is 24.7. The van der Waals surface area contributed by atoms with Crippen molar-refractivity contribution in [2.24, 2.45) is 17.9 Å². The number of hydrogen-bond donors (Lipinski definition) is 3. The predicted molar refractivity (Wildman–Crippen MR) is 165 cm³/mol. The van der Waals surface area contributed by atoms with Gasteiger partial charge in [0.05, 0.1) is 39.8 Å². The molecule has 0 aliphatic carbocycles. The van der Waals surface area contributed by atoms with E-state index in [9.17, 15) is 37.4 Å². The molecule has 1 aliphatic rings. The van der Waals surface area contributed by atoms with Gasteiger partial charge in [-0.05, 0) is 38.8 Å². The van der Waals surface area contributed by atoms with Crippen LogP contribution in [0.4, 0.5) is 22.0 Å². The summed E-state index contributed by atoms with van der Waals surface area (Å²) in [6, 6.07) is 9.78. The summed E-state index contributed by atoms with van der Waals surface area (Å²) in [6.07, 6.45) is -3.98. The molecule has 4 rings (SSSR count). The molecule has 1 fully saturated rings. The lowest BCUT2D eigenvalue weighted by Crippen LogP contribution is -2.70. The van der Waals surface area contributed by atoms with Crippen LogP contribution in [0.25, 0.3) is 11.3 Å². The molecule has 0 radical (unpaired) electrons. The van der Waals surface area contributed by atoms with Crippen molar-refractivity contribution in [1.29, 1.82) is 0 Å². The highest BCUT2D eigenvalue weighted by molar-refractivity contribution is 6.31. The lowest BCUT2D eigenvalue weighted by Gasteiger charge is -2.56. The number of aromatic nitrogens is 2. The fraction of sp³-hybridized carbons (Fsp3) is 0.485. The van der Waals surface area contributed by atoms with Gasteiger partial charge in [-0.1, -0.05) is 61.2 Å². The molecule has 0 spiro atoms. The predicted octanol–water partition coefficient (Wildman–Crippen LogP) is 7.50. The van der Waals surface area contributed by atoms with E-state index in [2.05, 4.69) is 10.4 Å². The van der Waals surface area contributed by atoms with Crippen molar-refractivity contribution in [2.45, 2.75) is 70.1 Å². The zero-order chi connectivity index (χ0) is 34.7. The van der Waals surface area contributed by atoms with Crippen LogP contribution in [0.2, 0.25) is 5.02 Å². The summed E-state index contributed by atoms with van der Waals surface area (Å²) in [5, 5.41) is 27.3. The molecule has 1 aliphatic heterocycles. The molecule has 1 aromatic heterocycles. The SMILES string of the molecule is CC1NC(CF)C(C)(C(=O)O)C(c2c(F)ccc(Cl)c2C(F)(F)F)C1(CCCCCCOc1cc(-c2ccccc2)nn1C)C(=O)O. The molecule has 5 atom stereocenters. The van der Waals surface area contributed by atoms with Crippen molar-refractivity contribution >= 4 is 23.5 Å². The Balaban J connectivity index is 1.58. The van der Waals surface area contributed by atoms with Gasteiger partial charge in [0.2, 0.25) is 5.88 Å². The number of aryl methyl sites for hydroxylation is 1. The lowest BCUT2D eigenvalue weighted by molar-refractivity contribution is -0.174. The second-order valence-corrected chi connectivity index (χ2v) is 12.6. The van der Waals surface area contributed by atoms with E-state index in [4.69, 9.17) is 16.3 Å². The maximum absolute atomic E-state index is 15.6. The molecule has 14 heteroatoms. The van der Waals surface area contributed by atoms with E-state index >= 15 is 4.39 Å². The maximum Gasteiger partial charge on any atom is 0.418 e. The molecule has 3 aromatic rings. The number of piperidine rings is 1. The zero-order valence-electron chi connectivity index (χ0n) is 26.1. The average Bonchev–Trinajstić information content (AvgIpc) is 3.38. The van der Waals surface area contributed by atoms with Gasteiger partial charge in [-0.3, -0.25) is 9.59 Å². The highest BCUT2D eigenvalue weighted by Gasteiger charge is 2.67. The Bertz CT molecular complexity index is 1590. The van der Waals surface area contributed by atoms with Crippen LogP contribution in [0, 0.1) is 16.6 Å². The van der Waals surface area contributed by atoms with Gasteiger partial charge in [0.15, 0.2) is 0 Å². The molecule has 8 nitrogen and oxygen atoms in total. The molecule has 256 valence electrons. The molecule has 47 heavy (non-hydrogen) atoms. The van der Waals surface area contributed by atoms with Gasteiger partial charge in [-0.15, -0.1) is 0 Å². The number of benzene rings is 2. The van der Waals surface area contributed by atoms with E-state index in [1.54, 1.807) is 17.8 Å². The third-order valence-electron chi connectivity index (χ3n) is 9.43. The highest BCUT2D eigenvalue weighted by atomic mass is 35.5. The lowest BCUT2D eigenvalue weighted by atomic mass is 9.50. The van der Waals surface area contributed by atoms with Gasteiger partial charge in [0.1, 0.15) is 12.5 Å². The quantitative estimate of drug-likeness (QED) is 0.126. The molecule has 3 N–H and O–H groups in total. The van der Waals surface area contributed by atoms with E-state index < -0.39 is 75.6 Å². The number of alkyl halides is 4. The highest BCUT2D eigenvalue weighted by Crippen LogP contribution is 2.60. The van der Waals surface area contributed by atoms with Gasteiger partial charge in [0, 0.05) is 36.2 Å². The van der Waals surface area contributed by atoms with Crippen molar-refractivity contribution in [3.63, 3.8) is 0 Å². The number of hydrogen-bond acceptors (Lipinski definition) is 5. The Morgan fingerprint density at radius 2 is 1.72 bits per heavy atom. The topological polar surface area (TPSA) is 114 Å². The summed E-state index contributed by atoms with van der Waals surface area (Å²) >= 11 is 5.93. The van der Waals surface area contributed by atoms with E-state index in [-0.39, 0.29) is 12.8 Å². The third-order valence-corrected chi connectivity index (χ3v) is 9.75. The fourth-order valence-corrected chi connectivity index (χ4v) is 7.22. The van der Waals surface area contributed by atoms with Gasteiger partial charge >= 0.3 is 18.1 Å². The van der Waals surface area contributed by atoms with Crippen molar-refractivity contribution in [2.75, 3.05) is 13.3 Å². The molecule has 0 saturated carbocycles. The zero-order valence-corrected chi connectivity index (χ0v) is 26.8. The number of ether oxygens (including phenoxy) is 1. The second-order valence-electron chi connectivity index (χ2n) is 12.1. The van der Waals surface area contributed by atoms with Gasteiger partial charge in [-0.25, -0.2) is 13.5 Å². The van der Waals surface area contributed by atoms with E-state index in [1.807, 2.05) is 30.3 Å².